The molecule has 0 unspecified atom stereocenters. The summed E-state index contributed by atoms with van der Waals surface area (Å²) in [6.45, 7) is 0.149. The average molecular weight is 355 g/mol. The Balaban J connectivity index is 1.64. The molecule has 0 N–H and O–H groups in total. The van der Waals surface area contributed by atoms with Crippen molar-refractivity contribution in [3.63, 3.8) is 0 Å². The van der Waals surface area contributed by atoms with Crippen LogP contribution >= 0.6 is 0 Å². The Morgan fingerprint density at radius 3 is 2.62 bits per heavy atom. The van der Waals surface area contributed by atoms with Gasteiger partial charge in [0.1, 0.15) is 11.6 Å². The summed E-state index contributed by atoms with van der Waals surface area (Å²) in [5.41, 5.74) is 1.13. The van der Waals surface area contributed by atoms with Crippen LogP contribution in [0.25, 0.3) is 11.4 Å². The van der Waals surface area contributed by atoms with Crippen LogP contribution in [0.3, 0.4) is 0 Å². The molecule has 1 amide bonds. The molecule has 1 aromatic heterocycles. The zero-order chi connectivity index (χ0) is 18.5. The van der Waals surface area contributed by atoms with Gasteiger partial charge in [-0.05, 0) is 35.9 Å². The fourth-order valence-electron chi connectivity index (χ4n) is 2.41. The summed E-state index contributed by atoms with van der Waals surface area (Å²) in [6.07, 6.45) is -0.0252. The first-order valence-electron chi connectivity index (χ1n) is 8.01. The zero-order valence-corrected chi connectivity index (χ0v) is 14.5. The minimum Gasteiger partial charge on any atom is -0.497 e. The van der Waals surface area contributed by atoms with Gasteiger partial charge in [-0.3, -0.25) is 4.79 Å². The van der Waals surface area contributed by atoms with Crippen molar-refractivity contribution < 1.29 is 18.4 Å². The van der Waals surface area contributed by atoms with E-state index in [1.165, 1.54) is 11.0 Å². The predicted molar refractivity (Wildman–Crippen MR) is 92.9 cm³/mol. The molecule has 7 heteroatoms. The first-order valence-corrected chi connectivity index (χ1v) is 8.01. The molecule has 0 saturated carbocycles. The van der Waals surface area contributed by atoms with Crippen LogP contribution in [-0.4, -0.2) is 35.1 Å². The van der Waals surface area contributed by atoms with Crippen molar-refractivity contribution in [3.05, 3.63) is 65.8 Å². The van der Waals surface area contributed by atoms with Gasteiger partial charge in [0, 0.05) is 12.6 Å². The molecular formula is C19H18FN3O3. The summed E-state index contributed by atoms with van der Waals surface area (Å²) in [4.78, 5) is 18.0. The molecule has 0 atom stereocenters. The number of ether oxygens (including phenoxy) is 1. The van der Waals surface area contributed by atoms with Gasteiger partial charge in [0.15, 0.2) is 0 Å². The molecule has 3 aromatic rings. The topological polar surface area (TPSA) is 68.5 Å². The van der Waals surface area contributed by atoms with E-state index in [-0.39, 0.29) is 18.9 Å². The normalized spacial score (nSPS) is 10.6. The molecule has 134 valence electrons. The zero-order valence-electron chi connectivity index (χ0n) is 14.5. The molecule has 0 aliphatic rings. The molecule has 0 aliphatic carbocycles. The maximum absolute atomic E-state index is 13.7. The van der Waals surface area contributed by atoms with Gasteiger partial charge in [-0.15, -0.1) is 0 Å². The van der Waals surface area contributed by atoms with Crippen molar-refractivity contribution in [1.82, 2.24) is 15.0 Å². The Hall–Kier alpha value is -3.22. The van der Waals surface area contributed by atoms with Gasteiger partial charge in [0.05, 0.1) is 20.1 Å². The average Bonchev–Trinajstić information content (AvgIpc) is 3.12. The number of hydrogen-bond acceptors (Lipinski definition) is 5. The van der Waals surface area contributed by atoms with Crippen LogP contribution in [0.5, 0.6) is 5.75 Å². The first kappa shape index (κ1) is 17.6. The number of aromatic nitrogens is 2. The smallest absolute Gasteiger partial charge is 0.246 e. The number of rotatable bonds is 6. The Morgan fingerprint density at radius 2 is 1.92 bits per heavy atom. The largest absolute Gasteiger partial charge is 0.497 e. The molecule has 0 radical (unpaired) electrons. The second-order valence-electron chi connectivity index (χ2n) is 5.76. The van der Waals surface area contributed by atoms with Crippen LogP contribution in [0.1, 0.15) is 11.5 Å². The van der Waals surface area contributed by atoms with Crippen molar-refractivity contribution >= 4 is 5.91 Å². The maximum atomic E-state index is 13.7. The van der Waals surface area contributed by atoms with Gasteiger partial charge in [-0.1, -0.05) is 23.4 Å². The molecule has 6 nitrogen and oxygen atoms in total. The molecule has 3 rings (SSSR count). The van der Waals surface area contributed by atoms with E-state index in [1.54, 1.807) is 44.5 Å². The number of amides is 1. The fraction of sp³-hybridized carbons (Fsp3) is 0.211. The van der Waals surface area contributed by atoms with Gasteiger partial charge < -0.3 is 14.2 Å². The number of benzene rings is 2. The lowest BCUT2D eigenvalue weighted by Crippen LogP contribution is -2.28. The monoisotopic (exact) mass is 355 g/mol. The highest BCUT2D eigenvalue weighted by Gasteiger charge is 2.16. The Kier molecular flexibility index (Phi) is 5.26. The van der Waals surface area contributed by atoms with Gasteiger partial charge >= 0.3 is 0 Å². The minimum absolute atomic E-state index is 0.0252. The molecule has 26 heavy (non-hydrogen) atoms. The summed E-state index contributed by atoms with van der Waals surface area (Å²) >= 11 is 0. The third-order valence-corrected chi connectivity index (χ3v) is 3.91. The molecule has 0 fully saturated rings. The number of carbonyl (C=O) groups is 1. The van der Waals surface area contributed by atoms with Gasteiger partial charge in [0.2, 0.25) is 17.6 Å². The molecule has 0 aliphatic heterocycles. The molecule has 0 spiro atoms. The number of halogens is 1. The van der Waals surface area contributed by atoms with E-state index in [2.05, 4.69) is 10.1 Å². The van der Waals surface area contributed by atoms with Gasteiger partial charge in [-0.25, -0.2) is 4.39 Å². The molecule has 0 bridgehead atoms. The summed E-state index contributed by atoms with van der Waals surface area (Å²) < 4.78 is 24.0. The number of likely N-dealkylation sites (N-methyl/N-ethyl adjacent to an activating group) is 1. The van der Waals surface area contributed by atoms with Crippen LogP contribution in [0.4, 0.5) is 4.39 Å². The van der Waals surface area contributed by atoms with Gasteiger partial charge in [0.25, 0.3) is 0 Å². The van der Waals surface area contributed by atoms with Crippen molar-refractivity contribution in [2.24, 2.45) is 0 Å². The second-order valence-corrected chi connectivity index (χ2v) is 5.76. The fourth-order valence-corrected chi connectivity index (χ4v) is 2.41. The number of carbonyl (C=O) groups excluding carboxylic acids is 1. The van der Waals surface area contributed by atoms with Gasteiger partial charge in [-0.2, -0.15) is 4.98 Å². The van der Waals surface area contributed by atoms with E-state index in [0.29, 0.717) is 17.3 Å². The number of methoxy groups -OCH3 is 1. The summed E-state index contributed by atoms with van der Waals surface area (Å²) in [5, 5.41) is 3.93. The maximum Gasteiger partial charge on any atom is 0.246 e. The number of nitrogens with zero attached hydrogens (tertiary/aromatic N) is 3. The SMILES string of the molecule is COc1ccc(-c2noc(CN(C)C(=O)Cc3ccccc3F)n2)cc1. The second kappa shape index (κ2) is 7.77. The standard InChI is InChI=1S/C19H18FN3O3/c1-23(18(24)11-14-5-3-4-6-16(14)20)12-17-21-19(22-26-17)13-7-9-15(25-2)10-8-13/h3-10H,11-12H2,1-2H3. The predicted octanol–water partition coefficient (Wildman–Crippen LogP) is 3.09. The van der Waals surface area contributed by atoms with E-state index >= 15 is 0 Å². The van der Waals surface area contributed by atoms with Crippen LogP contribution in [0, 0.1) is 5.82 Å². The first-order chi connectivity index (χ1) is 12.6. The van der Waals surface area contributed by atoms with Crippen LogP contribution in [0.15, 0.2) is 53.1 Å². The van der Waals surface area contributed by atoms with Crippen molar-refractivity contribution in [3.8, 4) is 17.1 Å². The quantitative estimate of drug-likeness (QED) is 0.680. The third-order valence-electron chi connectivity index (χ3n) is 3.91. The van der Waals surface area contributed by atoms with Crippen LogP contribution < -0.4 is 4.74 Å². The van der Waals surface area contributed by atoms with Crippen molar-refractivity contribution in [1.29, 1.82) is 0 Å². The third kappa shape index (κ3) is 4.05. The van der Waals surface area contributed by atoms with E-state index in [4.69, 9.17) is 9.26 Å². The van der Waals surface area contributed by atoms with Crippen LogP contribution in [0.2, 0.25) is 0 Å². The Morgan fingerprint density at radius 1 is 1.19 bits per heavy atom. The summed E-state index contributed by atoms with van der Waals surface area (Å²) in [7, 11) is 3.20. The van der Waals surface area contributed by atoms with E-state index in [0.717, 1.165) is 11.3 Å². The van der Waals surface area contributed by atoms with Crippen molar-refractivity contribution in [2.75, 3.05) is 14.2 Å². The van der Waals surface area contributed by atoms with Crippen molar-refractivity contribution in [2.45, 2.75) is 13.0 Å². The molecular weight excluding hydrogens is 337 g/mol. The minimum atomic E-state index is -0.395. The lowest BCUT2D eigenvalue weighted by Gasteiger charge is -2.14. The highest BCUT2D eigenvalue weighted by atomic mass is 19.1. The lowest BCUT2D eigenvalue weighted by atomic mass is 10.1. The van der Waals surface area contributed by atoms with Crippen LogP contribution in [-0.2, 0) is 17.8 Å². The Labute approximate surface area is 150 Å². The molecule has 2 aromatic carbocycles. The van der Waals surface area contributed by atoms with E-state index in [9.17, 15) is 9.18 Å². The highest BCUT2D eigenvalue weighted by molar-refractivity contribution is 5.78. The molecule has 1 heterocycles. The highest BCUT2D eigenvalue weighted by Crippen LogP contribution is 2.20. The van der Waals surface area contributed by atoms with E-state index in [1.807, 2.05) is 12.1 Å². The number of hydrogen-bond donors (Lipinski definition) is 0. The lowest BCUT2D eigenvalue weighted by molar-refractivity contribution is -0.130. The van der Waals surface area contributed by atoms with E-state index < -0.39 is 5.82 Å². The summed E-state index contributed by atoms with van der Waals surface area (Å²) in [6, 6.07) is 13.5. The molecule has 0 saturated heterocycles. The summed E-state index contributed by atoms with van der Waals surface area (Å²) in [5.74, 6) is 0.835. The Bertz CT molecular complexity index is 893.